The maximum absolute atomic E-state index is 12.3. The Hall–Kier alpha value is -0.650. The lowest BCUT2D eigenvalue weighted by Crippen LogP contribution is -2.50. The maximum atomic E-state index is 12.3. The third-order valence-electron chi connectivity index (χ3n) is 9.71. The van der Waals surface area contributed by atoms with E-state index < -0.39 is 18.2 Å². The molecule has 45 heavy (non-hydrogen) atoms. The minimum atomic E-state index is -1.13. The third kappa shape index (κ3) is 31.7. The molecule has 3 unspecified atom stereocenters. The van der Waals surface area contributed by atoms with E-state index in [9.17, 15) is 20.1 Å². The van der Waals surface area contributed by atoms with Crippen LogP contribution in [-0.4, -0.2) is 46.1 Å². The topological polar surface area (TPSA) is 89.8 Å². The van der Waals surface area contributed by atoms with Gasteiger partial charge in [0, 0.05) is 6.42 Å². The third-order valence-corrected chi connectivity index (χ3v) is 9.71. The number of aliphatic hydroxyl groups is 3. The first kappa shape index (κ1) is 44.4. The Kier molecular flexibility index (Phi) is 35.7. The summed E-state index contributed by atoms with van der Waals surface area (Å²) in [6.07, 6.45) is 39.2. The highest BCUT2D eigenvalue weighted by Crippen LogP contribution is 2.17. The van der Waals surface area contributed by atoms with E-state index in [1.165, 1.54) is 167 Å². The summed E-state index contributed by atoms with van der Waals surface area (Å²) < 4.78 is 0. The summed E-state index contributed by atoms with van der Waals surface area (Å²) in [6.45, 7) is 4.17. The molecule has 3 atom stereocenters. The van der Waals surface area contributed by atoms with Crippen LogP contribution in [-0.2, 0) is 4.79 Å². The second-order valence-corrected chi connectivity index (χ2v) is 14.2. The smallest absolute Gasteiger partial charge is 0.220 e. The molecule has 270 valence electrons. The Bertz CT molecular complexity index is 587. The van der Waals surface area contributed by atoms with Gasteiger partial charge in [-0.1, -0.05) is 206 Å². The molecule has 5 heteroatoms. The molecule has 0 aromatic carbocycles. The monoisotopic (exact) mass is 640 g/mol. The number of nitrogens with one attached hydrogen (secondary N) is 1. The van der Waals surface area contributed by atoms with Crippen LogP contribution < -0.4 is 5.32 Å². The van der Waals surface area contributed by atoms with E-state index in [0.29, 0.717) is 12.8 Å². The van der Waals surface area contributed by atoms with Gasteiger partial charge in [-0.2, -0.15) is 0 Å². The molecule has 0 aromatic heterocycles. The highest BCUT2D eigenvalue weighted by Gasteiger charge is 2.26. The largest absolute Gasteiger partial charge is 0.394 e. The Morgan fingerprint density at radius 3 is 1.07 bits per heavy atom. The summed E-state index contributed by atoms with van der Waals surface area (Å²) in [4.78, 5) is 12.3. The SMILES string of the molecule is CCCCCCCCCCCCCCCCCCCCCCCC(O)C(O)C(CO)NC(=O)CCCCCCCCCCCC. The first-order valence-electron chi connectivity index (χ1n) is 20.3. The number of aliphatic hydroxyl groups excluding tert-OH is 3. The van der Waals surface area contributed by atoms with Gasteiger partial charge in [0.15, 0.2) is 0 Å². The van der Waals surface area contributed by atoms with Crippen molar-refractivity contribution in [3.63, 3.8) is 0 Å². The van der Waals surface area contributed by atoms with Gasteiger partial charge in [0.2, 0.25) is 5.91 Å². The van der Waals surface area contributed by atoms with Crippen LogP contribution in [0.15, 0.2) is 0 Å². The average molecular weight is 640 g/mol. The molecular formula is C40H81NO4. The molecule has 0 bridgehead atoms. The first-order valence-corrected chi connectivity index (χ1v) is 20.3. The Balaban J connectivity index is 3.56. The minimum absolute atomic E-state index is 0.144. The molecule has 0 fully saturated rings. The Morgan fingerprint density at radius 2 is 0.756 bits per heavy atom. The highest BCUT2D eigenvalue weighted by molar-refractivity contribution is 5.76. The van der Waals surface area contributed by atoms with Crippen LogP contribution in [0.25, 0.3) is 0 Å². The molecule has 4 N–H and O–H groups in total. The fourth-order valence-corrected chi connectivity index (χ4v) is 6.52. The summed E-state index contributed by atoms with van der Waals surface area (Å²) in [5.41, 5.74) is 0. The van der Waals surface area contributed by atoms with E-state index in [4.69, 9.17) is 0 Å². The van der Waals surface area contributed by atoms with Crippen LogP contribution in [0.4, 0.5) is 0 Å². The summed E-state index contributed by atoms with van der Waals surface area (Å²) in [7, 11) is 0. The molecule has 0 aromatic rings. The molecule has 0 heterocycles. The molecule has 1 amide bonds. The van der Waals surface area contributed by atoms with E-state index in [0.717, 1.165) is 32.1 Å². The van der Waals surface area contributed by atoms with Gasteiger partial charge in [0.1, 0.15) is 6.10 Å². The van der Waals surface area contributed by atoms with Crippen molar-refractivity contribution in [1.82, 2.24) is 5.32 Å². The van der Waals surface area contributed by atoms with Crippen molar-refractivity contribution < 1.29 is 20.1 Å². The van der Waals surface area contributed by atoms with Crippen LogP contribution in [0.5, 0.6) is 0 Å². The number of unbranched alkanes of at least 4 members (excludes halogenated alkanes) is 29. The summed E-state index contributed by atoms with van der Waals surface area (Å²) in [6, 6.07) is -0.800. The van der Waals surface area contributed by atoms with Crippen LogP contribution >= 0.6 is 0 Å². The van der Waals surface area contributed by atoms with E-state index in [2.05, 4.69) is 19.2 Å². The number of amides is 1. The lowest BCUT2D eigenvalue weighted by Gasteiger charge is -2.26. The predicted molar refractivity (Wildman–Crippen MR) is 195 cm³/mol. The predicted octanol–water partition coefficient (Wildman–Crippen LogP) is 11.1. The summed E-state index contributed by atoms with van der Waals surface area (Å²) in [5.74, 6) is -0.144. The molecule has 0 radical (unpaired) electrons. The van der Waals surface area contributed by atoms with E-state index in [-0.39, 0.29) is 12.5 Å². The zero-order valence-corrected chi connectivity index (χ0v) is 30.5. The van der Waals surface area contributed by atoms with Crippen molar-refractivity contribution >= 4 is 5.91 Å². The highest BCUT2D eigenvalue weighted by atomic mass is 16.3. The molecule has 0 aliphatic rings. The van der Waals surface area contributed by atoms with E-state index >= 15 is 0 Å². The molecule has 0 aliphatic carbocycles. The van der Waals surface area contributed by atoms with Crippen LogP contribution in [0, 0.1) is 0 Å². The fraction of sp³-hybridized carbons (Fsp3) is 0.975. The van der Waals surface area contributed by atoms with Crippen molar-refractivity contribution in [2.24, 2.45) is 0 Å². The Morgan fingerprint density at radius 1 is 0.467 bits per heavy atom. The number of rotatable bonds is 37. The van der Waals surface area contributed by atoms with E-state index in [1.54, 1.807) is 0 Å². The van der Waals surface area contributed by atoms with Crippen molar-refractivity contribution in [1.29, 1.82) is 0 Å². The van der Waals surface area contributed by atoms with Crippen LogP contribution in [0.2, 0.25) is 0 Å². The lowest BCUT2D eigenvalue weighted by atomic mass is 9.99. The number of hydrogen-bond donors (Lipinski definition) is 4. The number of hydrogen-bond acceptors (Lipinski definition) is 4. The quantitative estimate of drug-likeness (QED) is 0.0509. The van der Waals surface area contributed by atoms with Gasteiger partial charge in [0.05, 0.1) is 18.8 Å². The number of carbonyl (C=O) groups is 1. The molecule has 0 saturated heterocycles. The Labute approximate surface area is 281 Å². The minimum Gasteiger partial charge on any atom is -0.394 e. The van der Waals surface area contributed by atoms with Crippen LogP contribution in [0.3, 0.4) is 0 Å². The average Bonchev–Trinajstić information content (AvgIpc) is 3.04. The molecule has 0 saturated carbocycles. The first-order chi connectivity index (χ1) is 22.1. The maximum Gasteiger partial charge on any atom is 0.220 e. The molecule has 5 nitrogen and oxygen atoms in total. The van der Waals surface area contributed by atoms with Gasteiger partial charge >= 0.3 is 0 Å². The number of carbonyl (C=O) groups excluding carboxylic acids is 1. The zero-order chi connectivity index (χ0) is 33.1. The van der Waals surface area contributed by atoms with Crippen molar-refractivity contribution in [3.8, 4) is 0 Å². The van der Waals surface area contributed by atoms with Gasteiger partial charge in [0.25, 0.3) is 0 Å². The fourth-order valence-electron chi connectivity index (χ4n) is 6.52. The molecular weight excluding hydrogens is 558 g/mol. The molecule has 0 rings (SSSR count). The van der Waals surface area contributed by atoms with Gasteiger partial charge in [-0.05, 0) is 12.8 Å². The van der Waals surface area contributed by atoms with E-state index in [1.807, 2.05) is 0 Å². The van der Waals surface area contributed by atoms with Crippen molar-refractivity contribution in [2.75, 3.05) is 6.61 Å². The van der Waals surface area contributed by atoms with Gasteiger partial charge in [-0.15, -0.1) is 0 Å². The van der Waals surface area contributed by atoms with Crippen molar-refractivity contribution in [2.45, 2.75) is 244 Å². The second-order valence-electron chi connectivity index (χ2n) is 14.2. The van der Waals surface area contributed by atoms with Gasteiger partial charge in [-0.25, -0.2) is 0 Å². The van der Waals surface area contributed by atoms with Crippen molar-refractivity contribution in [3.05, 3.63) is 0 Å². The second kappa shape index (κ2) is 36.2. The van der Waals surface area contributed by atoms with Gasteiger partial charge < -0.3 is 20.6 Å². The standard InChI is InChI=1S/C40H81NO4/c1-3-5-7-9-11-13-15-16-17-18-19-20-21-22-23-24-25-26-28-30-32-34-38(43)40(45)37(36-42)41-39(44)35-33-31-29-27-14-12-10-8-6-4-2/h37-38,40,42-43,45H,3-36H2,1-2H3,(H,41,44). The lowest BCUT2D eigenvalue weighted by molar-refractivity contribution is -0.124. The summed E-state index contributed by atoms with van der Waals surface area (Å²) in [5, 5.41) is 33.4. The summed E-state index contributed by atoms with van der Waals surface area (Å²) >= 11 is 0. The zero-order valence-electron chi connectivity index (χ0n) is 30.5. The normalized spacial score (nSPS) is 13.6. The van der Waals surface area contributed by atoms with Gasteiger partial charge in [-0.3, -0.25) is 4.79 Å². The molecule has 0 aliphatic heterocycles. The van der Waals surface area contributed by atoms with Crippen LogP contribution in [0.1, 0.15) is 226 Å². The molecule has 0 spiro atoms.